The highest BCUT2D eigenvalue weighted by Gasteiger charge is 2.48. The standard InChI is InChI=1S/C31H30N2O5S/c1-5-6-14-38-23-9-7-8-21(17-23)28(34)25-27(20-10-12-22(37-4)13-11-20)33(30(36)29(25)35)31-32-26-19(3)15-18(2)16-24(26)39-31/h7-13,15-17,27,34H,5-6,14H2,1-4H3. The van der Waals surface area contributed by atoms with Crippen LogP contribution in [-0.4, -0.2) is 35.5 Å². The molecule has 200 valence electrons. The van der Waals surface area contributed by atoms with E-state index in [1.165, 1.54) is 16.2 Å². The van der Waals surface area contributed by atoms with Gasteiger partial charge in [-0.2, -0.15) is 0 Å². The van der Waals surface area contributed by atoms with Crippen molar-refractivity contribution in [3.63, 3.8) is 0 Å². The number of hydrogen-bond acceptors (Lipinski definition) is 7. The highest BCUT2D eigenvalue weighted by atomic mass is 32.1. The van der Waals surface area contributed by atoms with Gasteiger partial charge in [0.15, 0.2) is 5.13 Å². The van der Waals surface area contributed by atoms with Crippen molar-refractivity contribution in [2.24, 2.45) is 0 Å². The zero-order chi connectivity index (χ0) is 27.7. The second kappa shape index (κ2) is 10.9. The molecule has 1 atom stereocenters. The number of carbonyl (C=O) groups is 2. The summed E-state index contributed by atoms with van der Waals surface area (Å²) in [7, 11) is 1.57. The average molecular weight is 543 g/mol. The number of unbranched alkanes of at least 4 members (excludes halogenated alkanes) is 1. The van der Waals surface area contributed by atoms with Crippen LogP contribution < -0.4 is 14.4 Å². The second-order valence-corrected chi connectivity index (χ2v) is 10.6. The minimum atomic E-state index is -0.873. The highest BCUT2D eigenvalue weighted by Crippen LogP contribution is 2.45. The summed E-state index contributed by atoms with van der Waals surface area (Å²) >= 11 is 1.35. The number of hydrogen-bond donors (Lipinski definition) is 1. The summed E-state index contributed by atoms with van der Waals surface area (Å²) in [5, 5.41) is 11.9. The topological polar surface area (TPSA) is 89.0 Å². The smallest absolute Gasteiger partial charge is 0.301 e. The van der Waals surface area contributed by atoms with E-state index in [4.69, 9.17) is 14.5 Å². The van der Waals surface area contributed by atoms with Crippen molar-refractivity contribution >= 4 is 44.1 Å². The molecule has 4 aromatic rings. The average Bonchev–Trinajstić information content (AvgIpc) is 3.47. The first-order valence-electron chi connectivity index (χ1n) is 12.9. The van der Waals surface area contributed by atoms with Gasteiger partial charge in [0.2, 0.25) is 0 Å². The van der Waals surface area contributed by atoms with Gasteiger partial charge in [0.05, 0.1) is 35.5 Å². The molecule has 0 saturated carbocycles. The van der Waals surface area contributed by atoms with E-state index < -0.39 is 17.7 Å². The van der Waals surface area contributed by atoms with Crippen molar-refractivity contribution < 1.29 is 24.2 Å². The quantitative estimate of drug-likeness (QED) is 0.115. The molecule has 0 spiro atoms. The number of Topliss-reactive ketones (excluding diaryl/α,β-unsaturated/α-hetero) is 1. The number of methoxy groups -OCH3 is 1. The SMILES string of the molecule is CCCCOc1cccc(C(O)=C2C(=O)C(=O)N(c3nc4c(C)cc(C)cc4s3)C2c2ccc(OC)cc2)c1. The minimum Gasteiger partial charge on any atom is -0.507 e. The summed E-state index contributed by atoms with van der Waals surface area (Å²) in [6.45, 7) is 6.62. The first kappa shape index (κ1) is 26.4. The van der Waals surface area contributed by atoms with Gasteiger partial charge in [-0.05, 0) is 67.3 Å². The van der Waals surface area contributed by atoms with Crippen molar-refractivity contribution in [2.75, 3.05) is 18.6 Å². The number of fused-ring (bicyclic) bond motifs is 1. The molecule has 1 amide bonds. The van der Waals surface area contributed by atoms with Crippen molar-refractivity contribution in [1.82, 2.24) is 4.98 Å². The number of aryl methyl sites for hydroxylation is 2. The van der Waals surface area contributed by atoms with E-state index in [-0.39, 0.29) is 11.3 Å². The first-order valence-corrected chi connectivity index (χ1v) is 13.7. The lowest BCUT2D eigenvalue weighted by Crippen LogP contribution is -2.29. The highest BCUT2D eigenvalue weighted by molar-refractivity contribution is 7.22. The molecule has 39 heavy (non-hydrogen) atoms. The summed E-state index contributed by atoms with van der Waals surface area (Å²) in [6.07, 6.45) is 1.90. The fourth-order valence-electron chi connectivity index (χ4n) is 4.82. The van der Waals surface area contributed by atoms with E-state index in [9.17, 15) is 14.7 Å². The Hall–Kier alpha value is -4.17. The third-order valence-corrected chi connectivity index (χ3v) is 7.78. The number of ketones is 1. The van der Waals surface area contributed by atoms with Crippen LogP contribution in [0.3, 0.4) is 0 Å². The van der Waals surface area contributed by atoms with Gasteiger partial charge in [-0.15, -0.1) is 0 Å². The fourth-order valence-corrected chi connectivity index (χ4v) is 5.98. The number of aliphatic hydroxyl groups is 1. The molecule has 1 aromatic heterocycles. The Balaban J connectivity index is 1.66. The summed E-state index contributed by atoms with van der Waals surface area (Å²) in [5.74, 6) is -0.539. The van der Waals surface area contributed by atoms with Gasteiger partial charge in [-0.3, -0.25) is 14.5 Å². The van der Waals surface area contributed by atoms with E-state index in [1.807, 2.05) is 26.0 Å². The van der Waals surface area contributed by atoms with Gasteiger partial charge in [-0.25, -0.2) is 4.98 Å². The third kappa shape index (κ3) is 5.00. The summed E-state index contributed by atoms with van der Waals surface area (Å²) < 4.78 is 12.1. The monoisotopic (exact) mass is 542 g/mol. The van der Waals surface area contributed by atoms with Crippen molar-refractivity contribution in [3.05, 3.63) is 88.5 Å². The zero-order valence-electron chi connectivity index (χ0n) is 22.4. The summed E-state index contributed by atoms with van der Waals surface area (Å²) in [5.41, 5.74) is 3.92. The third-order valence-electron chi connectivity index (χ3n) is 6.77. The number of anilines is 1. The first-order chi connectivity index (χ1) is 18.8. The number of nitrogens with zero attached hydrogens (tertiary/aromatic N) is 2. The lowest BCUT2D eigenvalue weighted by molar-refractivity contribution is -0.132. The Morgan fingerprint density at radius 1 is 1.05 bits per heavy atom. The molecule has 0 aliphatic carbocycles. The van der Waals surface area contributed by atoms with E-state index in [2.05, 4.69) is 6.92 Å². The number of amides is 1. The molecule has 2 heterocycles. The Morgan fingerprint density at radius 2 is 1.82 bits per heavy atom. The Kier molecular flexibility index (Phi) is 7.39. The van der Waals surface area contributed by atoms with Crippen LogP contribution in [0, 0.1) is 13.8 Å². The van der Waals surface area contributed by atoms with Gasteiger partial charge >= 0.3 is 5.91 Å². The normalized spacial score (nSPS) is 16.7. The number of ether oxygens (including phenoxy) is 2. The summed E-state index contributed by atoms with van der Waals surface area (Å²) in [4.78, 5) is 33.3. The molecule has 5 rings (SSSR count). The Labute approximate surface area is 231 Å². The number of benzene rings is 3. The molecule has 0 radical (unpaired) electrons. The van der Waals surface area contributed by atoms with Crippen LogP contribution in [0.25, 0.3) is 16.0 Å². The molecule has 7 nitrogen and oxygen atoms in total. The predicted molar refractivity (Wildman–Crippen MR) is 154 cm³/mol. The molecule has 1 fully saturated rings. The van der Waals surface area contributed by atoms with Crippen LogP contribution in [0.2, 0.25) is 0 Å². The number of rotatable bonds is 8. The lowest BCUT2D eigenvalue weighted by atomic mass is 9.95. The molecule has 0 bridgehead atoms. The Morgan fingerprint density at radius 3 is 2.54 bits per heavy atom. The van der Waals surface area contributed by atoms with Gasteiger partial charge < -0.3 is 14.6 Å². The molecule has 8 heteroatoms. The molecule has 3 aromatic carbocycles. The number of carbonyl (C=O) groups excluding carboxylic acids is 2. The van der Waals surface area contributed by atoms with E-state index in [0.717, 1.165) is 34.2 Å². The number of aromatic nitrogens is 1. The maximum absolute atomic E-state index is 13.6. The molecule has 1 aliphatic heterocycles. The maximum Gasteiger partial charge on any atom is 0.301 e. The van der Waals surface area contributed by atoms with Crippen LogP contribution in [-0.2, 0) is 9.59 Å². The molecular formula is C31H30N2O5S. The lowest BCUT2D eigenvalue weighted by Gasteiger charge is -2.23. The van der Waals surface area contributed by atoms with Crippen LogP contribution >= 0.6 is 11.3 Å². The molecule has 1 unspecified atom stereocenters. The minimum absolute atomic E-state index is 0.00281. The number of aliphatic hydroxyl groups excluding tert-OH is 1. The van der Waals surface area contributed by atoms with Crippen molar-refractivity contribution in [2.45, 2.75) is 39.7 Å². The van der Waals surface area contributed by atoms with Crippen molar-refractivity contribution in [1.29, 1.82) is 0 Å². The van der Waals surface area contributed by atoms with Gasteiger partial charge in [0, 0.05) is 5.56 Å². The maximum atomic E-state index is 13.6. The van der Waals surface area contributed by atoms with E-state index >= 15 is 0 Å². The van der Waals surface area contributed by atoms with Gasteiger partial charge in [0.25, 0.3) is 5.78 Å². The molecule has 1 aliphatic rings. The van der Waals surface area contributed by atoms with E-state index in [1.54, 1.807) is 55.6 Å². The van der Waals surface area contributed by atoms with Crippen LogP contribution in [0.1, 0.15) is 48.1 Å². The predicted octanol–water partition coefficient (Wildman–Crippen LogP) is 6.73. The Bertz CT molecular complexity index is 1590. The van der Waals surface area contributed by atoms with E-state index in [0.29, 0.717) is 34.4 Å². The molecule has 1 saturated heterocycles. The molecule has 1 N–H and O–H groups in total. The summed E-state index contributed by atoms with van der Waals surface area (Å²) in [6, 6.07) is 17.3. The molecular weight excluding hydrogens is 512 g/mol. The van der Waals surface area contributed by atoms with Crippen LogP contribution in [0.4, 0.5) is 5.13 Å². The van der Waals surface area contributed by atoms with Crippen molar-refractivity contribution in [3.8, 4) is 11.5 Å². The second-order valence-electron chi connectivity index (χ2n) is 9.60. The van der Waals surface area contributed by atoms with Crippen LogP contribution in [0.5, 0.6) is 11.5 Å². The fraction of sp³-hybridized carbons (Fsp3) is 0.258. The van der Waals surface area contributed by atoms with Gasteiger partial charge in [0.1, 0.15) is 17.3 Å². The van der Waals surface area contributed by atoms with Gasteiger partial charge in [-0.1, -0.05) is 55.0 Å². The van der Waals surface area contributed by atoms with Crippen LogP contribution in [0.15, 0.2) is 66.2 Å². The number of thiazole rings is 1. The largest absolute Gasteiger partial charge is 0.507 e. The zero-order valence-corrected chi connectivity index (χ0v) is 23.2.